The Hall–Kier alpha value is -0.0200. The van der Waals surface area contributed by atoms with E-state index in [9.17, 15) is 0 Å². The van der Waals surface area contributed by atoms with Crippen molar-refractivity contribution in [3.8, 4) is 0 Å². The van der Waals surface area contributed by atoms with E-state index in [-0.39, 0.29) is 4.75 Å². The van der Waals surface area contributed by atoms with E-state index in [4.69, 9.17) is 0 Å². The van der Waals surface area contributed by atoms with Crippen molar-refractivity contribution in [3.05, 3.63) is 16.1 Å². The zero-order chi connectivity index (χ0) is 10.1. The molecule has 3 heteroatoms. The van der Waals surface area contributed by atoms with E-state index in [1.807, 2.05) is 29.3 Å². The summed E-state index contributed by atoms with van der Waals surface area (Å²) in [6.45, 7) is 8.87. The van der Waals surface area contributed by atoms with E-state index < -0.39 is 0 Å². The predicted molar refractivity (Wildman–Crippen MR) is 62.7 cm³/mol. The minimum absolute atomic E-state index is 0.164. The third-order valence-corrected chi connectivity index (χ3v) is 5.08. The lowest BCUT2D eigenvalue weighted by molar-refractivity contribution is 0.774. The van der Waals surface area contributed by atoms with Crippen LogP contribution < -0.4 is 0 Å². The summed E-state index contributed by atoms with van der Waals surface area (Å²) >= 11 is 3.69. The molecule has 0 fully saturated rings. The monoisotopic (exact) mass is 215 g/mol. The van der Waals surface area contributed by atoms with Crippen molar-refractivity contribution in [1.29, 1.82) is 0 Å². The molecular weight excluding hydrogens is 198 g/mol. The fourth-order valence-electron chi connectivity index (χ4n) is 0.919. The first-order valence-electron chi connectivity index (χ1n) is 4.48. The molecule has 0 bridgehead atoms. The molecule has 0 aliphatic heterocycles. The van der Waals surface area contributed by atoms with Crippen molar-refractivity contribution >= 4 is 23.1 Å². The molecule has 0 N–H and O–H groups in total. The molecule has 1 aromatic heterocycles. The minimum atomic E-state index is 0.164. The lowest BCUT2D eigenvalue weighted by Gasteiger charge is -2.18. The average Bonchev–Trinajstić information content (AvgIpc) is 2.52. The molecule has 0 aliphatic carbocycles. The van der Waals surface area contributed by atoms with Gasteiger partial charge in [0.25, 0.3) is 0 Å². The van der Waals surface area contributed by atoms with Crippen LogP contribution in [0.3, 0.4) is 0 Å². The molecule has 1 aromatic rings. The number of aromatic nitrogens is 1. The highest BCUT2D eigenvalue weighted by Gasteiger charge is 2.23. The molecule has 13 heavy (non-hydrogen) atoms. The van der Waals surface area contributed by atoms with Crippen LogP contribution in [0, 0.1) is 0 Å². The highest BCUT2D eigenvalue weighted by atomic mass is 32.2. The second kappa shape index (κ2) is 4.01. The Morgan fingerprint density at radius 3 is 2.46 bits per heavy atom. The Kier molecular flexibility index (Phi) is 3.41. The molecule has 1 nitrogen and oxygen atoms in total. The van der Waals surface area contributed by atoms with Gasteiger partial charge in [0.15, 0.2) is 0 Å². The molecule has 1 heterocycles. The largest absolute Gasteiger partial charge is 0.248 e. The molecular formula is C10H17NS2. The lowest BCUT2D eigenvalue weighted by atomic mass is 10.2. The summed E-state index contributed by atoms with van der Waals surface area (Å²) in [5.41, 5.74) is 0. The van der Waals surface area contributed by atoms with Crippen molar-refractivity contribution in [3.63, 3.8) is 0 Å². The highest BCUT2D eigenvalue weighted by Crippen LogP contribution is 2.37. The summed E-state index contributed by atoms with van der Waals surface area (Å²) < 4.78 is 0.164. The summed E-state index contributed by atoms with van der Waals surface area (Å²) in [7, 11) is 0. The molecule has 0 aromatic carbocycles. The zero-order valence-electron chi connectivity index (χ0n) is 8.92. The Morgan fingerprint density at radius 2 is 2.08 bits per heavy atom. The fraction of sp³-hybridized carbons (Fsp3) is 0.700. The number of thioether (sulfide) groups is 1. The van der Waals surface area contributed by atoms with Gasteiger partial charge in [-0.2, -0.15) is 11.8 Å². The van der Waals surface area contributed by atoms with Gasteiger partial charge in [0.05, 0.1) is 4.75 Å². The number of rotatable bonds is 3. The molecule has 0 saturated heterocycles. The van der Waals surface area contributed by atoms with E-state index in [1.54, 1.807) is 0 Å². The van der Waals surface area contributed by atoms with Gasteiger partial charge in [0.2, 0.25) is 0 Å². The smallest absolute Gasteiger partial charge is 0.108 e. The molecule has 0 amide bonds. The van der Waals surface area contributed by atoms with E-state index in [0.29, 0.717) is 5.92 Å². The van der Waals surface area contributed by atoms with Crippen LogP contribution in [0.4, 0.5) is 0 Å². The van der Waals surface area contributed by atoms with Crippen LogP contribution in [0.2, 0.25) is 0 Å². The normalized spacial score (nSPS) is 12.5. The van der Waals surface area contributed by atoms with Crippen molar-refractivity contribution in [2.24, 2.45) is 0 Å². The van der Waals surface area contributed by atoms with Crippen molar-refractivity contribution in [2.45, 2.75) is 38.4 Å². The van der Waals surface area contributed by atoms with Gasteiger partial charge in [-0.25, -0.2) is 4.98 Å². The second-order valence-electron chi connectivity index (χ2n) is 3.94. The molecule has 0 radical (unpaired) electrons. The third-order valence-electron chi connectivity index (χ3n) is 2.12. The summed E-state index contributed by atoms with van der Waals surface area (Å²) in [5, 5.41) is 1.24. The third kappa shape index (κ3) is 2.47. The Balaban J connectivity index is 2.91. The van der Waals surface area contributed by atoms with Crippen LogP contribution in [0.5, 0.6) is 0 Å². The van der Waals surface area contributed by atoms with E-state index in [2.05, 4.69) is 38.9 Å². The van der Waals surface area contributed by atoms with E-state index in [1.165, 1.54) is 9.88 Å². The van der Waals surface area contributed by atoms with Crippen LogP contribution in [-0.2, 0) is 4.75 Å². The van der Waals surface area contributed by atoms with Gasteiger partial charge in [-0.15, -0.1) is 11.3 Å². The van der Waals surface area contributed by atoms with E-state index >= 15 is 0 Å². The Morgan fingerprint density at radius 1 is 1.46 bits per heavy atom. The first-order chi connectivity index (χ1) is 5.97. The zero-order valence-corrected chi connectivity index (χ0v) is 10.6. The SMILES string of the molecule is CSC(C)(C)c1ncc(C(C)C)s1. The molecule has 74 valence electrons. The minimum Gasteiger partial charge on any atom is -0.248 e. The van der Waals surface area contributed by atoms with Gasteiger partial charge in [0, 0.05) is 11.1 Å². The van der Waals surface area contributed by atoms with E-state index in [0.717, 1.165) is 0 Å². The quantitative estimate of drug-likeness (QED) is 0.759. The van der Waals surface area contributed by atoms with Gasteiger partial charge in [-0.1, -0.05) is 13.8 Å². The summed E-state index contributed by atoms with van der Waals surface area (Å²) in [5.74, 6) is 0.601. The molecule has 0 atom stereocenters. The summed E-state index contributed by atoms with van der Waals surface area (Å²) in [4.78, 5) is 5.86. The molecule has 1 rings (SSSR count). The van der Waals surface area contributed by atoms with Gasteiger partial charge in [-0.05, 0) is 26.0 Å². The number of nitrogens with zero attached hydrogens (tertiary/aromatic N) is 1. The average molecular weight is 215 g/mol. The van der Waals surface area contributed by atoms with Crippen LogP contribution in [0.1, 0.15) is 43.5 Å². The molecule has 0 aliphatic rings. The predicted octanol–water partition coefficient (Wildman–Crippen LogP) is 3.86. The van der Waals surface area contributed by atoms with Crippen molar-refractivity contribution in [1.82, 2.24) is 4.98 Å². The number of thiazole rings is 1. The molecule has 0 spiro atoms. The number of hydrogen-bond acceptors (Lipinski definition) is 3. The van der Waals surface area contributed by atoms with Crippen LogP contribution in [-0.4, -0.2) is 11.2 Å². The summed E-state index contributed by atoms with van der Waals surface area (Å²) in [6, 6.07) is 0. The first kappa shape index (κ1) is 11.1. The Bertz CT molecular complexity index is 276. The van der Waals surface area contributed by atoms with Crippen molar-refractivity contribution < 1.29 is 0 Å². The topological polar surface area (TPSA) is 12.9 Å². The molecule has 0 unspecified atom stereocenters. The highest BCUT2D eigenvalue weighted by molar-refractivity contribution is 7.99. The maximum Gasteiger partial charge on any atom is 0.108 e. The number of hydrogen-bond donors (Lipinski definition) is 0. The van der Waals surface area contributed by atoms with Crippen molar-refractivity contribution in [2.75, 3.05) is 6.26 Å². The first-order valence-corrected chi connectivity index (χ1v) is 6.53. The maximum absolute atomic E-state index is 4.48. The van der Waals surface area contributed by atoms with Crippen LogP contribution in [0.15, 0.2) is 6.20 Å². The summed E-state index contributed by atoms with van der Waals surface area (Å²) in [6.07, 6.45) is 4.15. The second-order valence-corrected chi connectivity index (χ2v) is 6.43. The van der Waals surface area contributed by atoms with Crippen LogP contribution >= 0.6 is 23.1 Å². The van der Waals surface area contributed by atoms with Gasteiger partial charge < -0.3 is 0 Å². The molecule has 0 saturated carbocycles. The lowest BCUT2D eigenvalue weighted by Crippen LogP contribution is -2.09. The fourth-order valence-corrected chi connectivity index (χ4v) is 2.44. The maximum atomic E-state index is 4.48. The Labute approximate surface area is 89.0 Å². The van der Waals surface area contributed by atoms with Gasteiger partial charge in [0.1, 0.15) is 5.01 Å². The standard InChI is InChI=1S/C10H17NS2/c1-7(2)8-6-11-9(13-8)10(3,4)12-5/h6-7H,1-5H3. The van der Waals surface area contributed by atoms with Crippen LogP contribution in [0.25, 0.3) is 0 Å². The van der Waals surface area contributed by atoms with Gasteiger partial charge in [-0.3, -0.25) is 0 Å². The van der Waals surface area contributed by atoms with Gasteiger partial charge >= 0.3 is 0 Å².